The first-order chi connectivity index (χ1) is 13.6. The largest absolute Gasteiger partial charge is 0.494 e. The Kier molecular flexibility index (Phi) is 5.06. The average molecular weight is 379 g/mol. The van der Waals surface area contributed by atoms with E-state index < -0.39 is 0 Å². The lowest BCUT2D eigenvalue weighted by molar-refractivity contribution is 0.410. The summed E-state index contributed by atoms with van der Waals surface area (Å²) in [6.07, 6.45) is 3.51. The molecule has 144 valence electrons. The van der Waals surface area contributed by atoms with E-state index in [-0.39, 0.29) is 5.82 Å². The van der Waals surface area contributed by atoms with Gasteiger partial charge in [0.2, 0.25) is 0 Å². The van der Waals surface area contributed by atoms with Crippen LogP contribution in [0.1, 0.15) is 5.69 Å². The van der Waals surface area contributed by atoms with Crippen LogP contribution in [0.5, 0.6) is 5.75 Å². The van der Waals surface area contributed by atoms with E-state index in [9.17, 15) is 4.39 Å². The van der Waals surface area contributed by atoms with Gasteiger partial charge in [-0.15, -0.1) is 0 Å². The van der Waals surface area contributed by atoms with Crippen molar-refractivity contribution in [3.8, 4) is 17.1 Å². The van der Waals surface area contributed by atoms with Gasteiger partial charge in [0.1, 0.15) is 17.4 Å². The molecule has 1 saturated heterocycles. The molecule has 0 unspecified atom stereocenters. The highest BCUT2D eigenvalue weighted by molar-refractivity contribution is 5.61. The molecule has 0 saturated carbocycles. The topological polar surface area (TPSA) is 54.4 Å². The second-order valence-corrected chi connectivity index (χ2v) is 6.72. The van der Waals surface area contributed by atoms with Gasteiger partial charge in [-0.1, -0.05) is 0 Å². The first kappa shape index (κ1) is 18.2. The molecule has 0 N–H and O–H groups in total. The van der Waals surface area contributed by atoms with Gasteiger partial charge in [-0.3, -0.25) is 4.98 Å². The van der Waals surface area contributed by atoms with Gasteiger partial charge >= 0.3 is 0 Å². The third-order valence-electron chi connectivity index (χ3n) is 4.85. The normalized spacial score (nSPS) is 14.2. The third-order valence-corrected chi connectivity index (χ3v) is 4.85. The maximum atomic E-state index is 13.5. The highest BCUT2D eigenvalue weighted by Crippen LogP contribution is 2.30. The van der Waals surface area contributed by atoms with Crippen molar-refractivity contribution in [2.45, 2.75) is 6.92 Å². The molecule has 1 aromatic carbocycles. The Morgan fingerprint density at radius 2 is 1.79 bits per heavy atom. The van der Waals surface area contributed by atoms with Crippen molar-refractivity contribution in [1.29, 1.82) is 0 Å². The van der Waals surface area contributed by atoms with E-state index in [0.29, 0.717) is 11.6 Å². The summed E-state index contributed by atoms with van der Waals surface area (Å²) < 4.78 is 18.8. The number of aromatic nitrogens is 3. The van der Waals surface area contributed by atoms with Gasteiger partial charge in [-0.05, 0) is 31.2 Å². The van der Waals surface area contributed by atoms with E-state index in [2.05, 4.69) is 19.8 Å². The van der Waals surface area contributed by atoms with Gasteiger partial charge in [0.15, 0.2) is 5.82 Å². The van der Waals surface area contributed by atoms with Gasteiger partial charge in [0.25, 0.3) is 0 Å². The molecule has 0 amide bonds. The van der Waals surface area contributed by atoms with Crippen molar-refractivity contribution in [2.24, 2.45) is 0 Å². The molecule has 0 spiro atoms. The van der Waals surface area contributed by atoms with Crippen LogP contribution in [0.3, 0.4) is 0 Å². The van der Waals surface area contributed by atoms with Crippen LogP contribution >= 0.6 is 0 Å². The van der Waals surface area contributed by atoms with Crippen molar-refractivity contribution >= 4 is 11.5 Å². The van der Waals surface area contributed by atoms with Crippen LogP contribution in [-0.4, -0.2) is 48.2 Å². The molecule has 0 atom stereocenters. The van der Waals surface area contributed by atoms with E-state index in [0.717, 1.165) is 48.9 Å². The van der Waals surface area contributed by atoms with E-state index >= 15 is 0 Å². The zero-order chi connectivity index (χ0) is 19.5. The first-order valence-corrected chi connectivity index (χ1v) is 9.23. The smallest absolute Gasteiger partial charge is 0.163 e. The van der Waals surface area contributed by atoms with Crippen molar-refractivity contribution < 1.29 is 9.13 Å². The van der Waals surface area contributed by atoms with Crippen molar-refractivity contribution in [3.05, 3.63) is 60.3 Å². The second-order valence-electron chi connectivity index (χ2n) is 6.72. The molecule has 0 bridgehead atoms. The van der Waals surface area contributed by atoms with E-state index in [1.54, 1.807) is 25.6 Å². The summed E-state index contributed by atoms with van der Waals surface area (Å²) in [5.41, 5.74) is 2.74. The molecule has 3 aromatic rings. The van der Waals surface area contributed by atoms with Gasteiger partial charge in [-0.2, -0.15) is 0 Å². The predicted octanol–water partition coefficient (Wildman–Crippen LogP) is 3.32. The standard InChI is InChI=1S/C21H22FN5O/c1-15-12-20(25-21(24-15)16-4-3-7-23-14-16)27-10-8-26(9-11-27)18-6-5-17(22)13-19(18)28-2/h3-7,12-14H,8-11H2,1-2H3. The molecule has 4 rings (SSSR count). The number of aryl methyl sites for hydroxylation is 1. The number of hydrogen-bond acceptors (Lipinski definition) is 6. The third kappa shape index (κ3) is 3.74. The lowest BCUT2D eigenvalue weighted by atomic mass is 10.2. The van der Waals surface area contributed by atoms with Crippen LogP contribution in [-0.2, 0) is 0 Å². The highest BCUT2D eigenvalue weighted by Gasteiger charge is 2.21. The molecular weight excluding hydrogens is 357 g/mol. The van der Waals surface area contributed by atoms with E-state index in [4.69, 9.17) is 9.72 Å². The van der Waals surface area contributed by atoms with E-state index in [1.807, 2.05) is 25.1 Å². The number of piperazine rings is 1. The minimum Gasteiger partial charge on any atom is -0.494 e. The molecule has 2 aromatic heterocycles. The number of hydrogen-bond donors (Lipinski definition) is 0. The van der Waals surface area contributed by atoms with Crippen LogP contribution in [0.4, 0.5) is 15.9 Å². The molecule has 7 heteroatoms. The Hall–Kier alpha value is -3.22. The SMILES string of the molecule is COc1cc(F)ccc1N1CCN(c2cc(C)nc(-c3cccnc3)n2)CC1. The molecule has 0 radical (unpaired) electrons. The van der Waals surface area contributed by atoms with Crippen LogP contribution in [0, 0.1) is 12.7 Å². The summed E-state index contributed by atoms with van der Waals surface area (Å²) in [5.74, 6) is 1.87. The molecule has 1 aliphatic heterocycles. The van der Waals surface area contributed by atoms with Crippen molar-refractivity contribution in [1.82, 2.24) is 15.0 Å². The highest BCUT2D eigenvalue weighted by atomic mass is 19.1. The molecule has 1 aliphatic rings. The minimum absolute atomic E-state index is 0.293. The maximum absolute atomic E-state index is 13.5. The maximum Gasteiger partial charge on any atom is 0.163 e. The monoisotopic (exact) mass is 379 g/mol. The summed E-state index contributed by atoms with van der Waals surface area (Å²) in [6.45, 7) is 5.19. The molecule has 6 nitrogen and oxygen atoms in total. The number of benzene rings is 1. The van der Waals surface area contributed by atoms with Gasteiger partial charge in [-0.25, -0.2) is 14.4 Å². The van der Waals surface area contributed by atoms with Crippen LogP contribution in [0.2, 0.25) is 0 Å². The van der Waals surface area contributed by atoms with Crippen molar-refractivity contribution in [2.75, 3.05) is 43.1 Å². The Morgan fingerprint density at radius 3 is 2.50 bits per heavy atom. The molecule has 28 heavy (non-hydrogen) atoms. The summed E-state index contributed by atoms with van der Waals surface area (Å²) in [5, 5.41) is 0. The minimum atomic E-state index is -0.293. The van der Waals surface area contributed by atoms with Crippen LogP contribution < -0.4 is 14.5 Å². The summed E-state index contributed by atoms with van der Waals surface area (Å²) in [7, 11) is 1.57. The van der Waals surface area contributed by atoms with Crippen molar-refractivity contribution in [3.63, 3.8) is 0 Å². The molecule has 0 aliphatic carbocycles. The number of pyridine rings is 1. The fraction of sp³-hybridized carbons (Fsp3) is 0.286. The Labute approximate surface area is 163 Å². The lowest BCUT2D eigenvalue weighted by Gasteiger charge is -2.37. The van der Waals surface area contributed by atoms with E-state index in [1.165, 1.54) is 12.1 Å². The number of halogens is 1. The fourth-order valence-corrected chi connectivity index (χ4v) is 3.43. The zero-order valence-electron chi connectivity index (χ0n) is 16.0. The number of anilines is 2. The molecular formula is C21H22FN5O. The number of ether oxygens (including phenoxy) is 1. The number of methoxy groups -OCH3 is 1. The average Bonchev–Trinajstić information content (AvgIpc) is 2.74. The summed E-state index contributed by atoms with van der Waals surface area (Å²) in [4.78, 5) is 17.9. The number of rotatable bonds is 4. The summed E-state index contributed by atoms with van der Waals surface area (Å²) in [6, 6.07) is 10.5. The first-order valence-electron chi connectivity index (χ1n) is 9.23. The predicted molar refractivity (Wildman–Crippen MR) is 107 cm³/mol. The Bertz CT molecular complexity index is 958. The molecule has 3 heterocycles. The Morgan fingerprint density at radius 1 is 1.00 bits per heavy atom. The second kappa shape index (κ2) is 7.80. The zero-order valence-corrected chi connectivity index (χ0v) is 16.0. The van der Waals surface area contributed by atoms with Crippen LogP contribution in [0.25, 0.3) is 11.4 Å². The Balaban J connectivity index is 1.52. The summed E-state index contributed by atoms with van der Waals surface area (Å²) >= 11 is 0. The van der Waals surface area contributed by atoms with Gasteiger partial charge < -0.3 is 14.5 Å². The molecule has 1 fully saturated rings. The van der Waals surface area contributed by atoms with Crippen LogP contribution in [0.15, 0.2) is 48.8 Å². The quantitative estimate of drug-likeness (QED) is 0.693. The lowest BCUT2D eigenvalue weighted by Crippen LogP contribution is -2.47. The van der Waals surface area contributed by atoms with Gasteiger partial charge in [0.05, 0.1) is 12.8 Å². The van der Waals surface area contributed by atoms with Gasteiger partial charge in [0, 0.05) is 62.0 Å². The number of nitrogens with zero attached hydrogens (tertiary/aromatic N) is 5. The fourth-order valence-electron chi connectivity index (χ4n) is 3.43.